The molecule has 1 aromatic heterocycles. The van der Waals surface area contributed by atoms with E-state index in [9.17, 15) is 10.1 Å². The molecule has 0 fully saturated rings. The second kappa shape index (κ2) is 4.97. The maximum absolute atomic E-state index is 10.7. The van der Waals surface area contributed by atoms with Gasteiger partial charge in [-0.3, -0.25) is 10.1 Å². The summed E-state index contributed by atoms with van der Waals surface area (Å²) in [5.74, 6) is 0. The SMILES string of the molecule is [2H]c1c([2H])c([2H])c(-c2ccn(-c3ccc([N+](=O)[O-])cc3)n2)c([2H])c1[2H]. The molecule has 20 heavy (non-hydrogen) atoms. The molecule has 0 spiro atoms. The Hall–Kier alpha value is -2.95. The first-order chi connectivity index (χ1) is 11.8. The summed E-state index contributed by atoms with van der Waals surface area (Å²) in [4.78, 5) is 10.2. The highest BCUT2D eigenvalue weighted by Crippen LogP contribution is 2.19. The van der Waals surface area contributed by atoms with Crippen molar-refractivity contribution in [3.8, 4) is 16.9 Å². The molecule has 0 N–H and O–H groups in total. The highest BCUT2D eigenvalue weighted by Gasteiger charge is 2.06. The van der Waals surface area contributed by atoms with Crippen molar-refractivity contribution in [3.63, 3.8) is 0 Å². The quantitative estimate of drug-likeness (QED) is 0.541. The van der Waals surface area contributed by atoms with Gasteiger partial charge in [0.25, 0.3) is 5.69 Å². The minimum absolute atomic E-state index is 0.00617. The van der Waals surface area contributed by atoms with E-state index in [1.54, 1.807) is 6.20 Å². The predicted molar refractivity (Wildman–Crippen MR) is 75.7 cm³/mol. The van der Waals surface area contributed by atoms with Gasteiger partial charge in [-0.05, 0) is 18.2 Å². The van der Waals surface area contributed by atoms with E-state index in [1.165, 1.54) is 35.0 Å². The van der Waals surface area contributed by atoms with Crippen molar-refractivity contribution >= 4 is 5.69 Å². The van der Waals surface area contributed by atoms with Crippen molar-refractivity contribution in [3.05, 3.63) is 76.9 Å². The molecule has 0 saturated heterocycles. The van der Waals surface area contributed by atoms with Crippen LogP contribution in [-0.2, 0) is 0 Å². The van der Waals surface area contributed by atoms with Crippen molar-refractivity contribution in [2.24, 2.45) is 0 Å². The van der Waals surface area contributed by atoms with Crippen LogP contribution in [0.5, 0.6) is 0 Å². The highest BCUT2D eigenvalue weighted by atomic mass is 16.6. The minimum atomic E-state index is -0.509. The molecule has 0 atom stereocenters. The van der Waals surface area contributed by atoms with Gasteiger partial charge in [-0.25, -0.2) is 4.68 Å². The first-order valence-corrected chi connectivity index (χ1v) is 5.69. The zero-order chi connectivity index (χ0) is 18.3. The molecule has 1 heterocycles. The van der Waals surface area contributed by atoms with Crippen LogP contribution >= 0.6 is 0 Å². The molecule has 0 aliphatic carbocycles. The number of rotatable bonds is 3. The van der Waals surface area contributed by atoms with E-state index in [0.717, 1.165) is 0 Å². The van der Waals surface area contributed by atoms with E-state index in [0.29, 0.717) is 5.69 Å². The lowest BCUT2D eigenvalue weighted by atomic mass is 10.2. The third-order valence-corrected chi connectivity index (χ3v) is 2.67. The Balaban J connectivity index is 2.07. The lowest BCUT2D eigenvalue weighted by Crippen LogP contribution is -1.95. The van der Waals surface area contributed by atoms with Crippen LogP contribution in [0.25, 0.3) is 16.9 Å². The van der Waals surface area contributed by atoms with Gasteiger partial charge < -0.3 is 0 Å². The fraction of sp³-hybridized carbons (Fsp3) is 0. The molecule has 5 nitrogen and oxygen atoms in total. The van der Waals surface area contributed by atoms with Crippen molar-refractivity contribution < 1.29 is 11.8 Å². The van der Waals surface area contributed by atoms with Gasteiger partial charge in [0.05, 0.1) is 23.2 Å². The van der Waals surface area contributed by atoms with Gasteiger partial charge in [0.1, 0.15) is 0 Å². The molecule has 0 bridgehead atoms. The van der Waals surface area contributed by atoms with Crippen LogP contribution in [0.4, 0.5) is 5.69 Å². The second-order valence-electron chi connectivity index (χ2n) is 3.92. The maximum atomic E-state index is 10.7. The molecule has 3 aromatic rings. The van der Waals surface area contributed by atoms with Gasteiger partial charge >= 0.3 is 0 Å². The summed E-state index contributed by atoms with van der Waals surface area (Å²) in [7, 11) is 0. The van der Waals surface area contributed by atoms with E-state index in [4.69, 9.17) is 6.85 Å². The van der Waals surface area contributed by atoms with Crippen molar-refractivity contribution in [2.45, 2.75) is 0 Å². The van der Waals surface area contributed by atoms with E-state index in [-0.39, 0.29) is 29.0 Å². The Morgan fingerprint density at radius 1 is 1.10 bits per heavy atom. The summed E-state index contributed by atoms with van der Waals surface area (Å²) in [5.41, 5.74) is 0.716. The number of aromatic nitrogens is 2. The van der Waals surface area contributed by atoms with Crippen LogP contribution in [0.3, 0.4) is 0 Å². The van der Waals surface area contributed by atoms with Crippen LogP contribution in [-0.4, -0.2) is 14.7 Å². The van der Waals surface area contributed by atoms with E-state index in [1.807, 2.05) is 0 Å². The van der Waals surface area contributed by atoms with E-state index < -0.39 is 23.1 Å². The molecule has 5 heteroatoms. The average Bonchev–Trinajstić information content (AvgIpc) is 3.08. The van der Waals surface area contributed by atoms with Crippen molar-refractivity contribution in [1.29, 1.82) is 0 Å². The molecule has 0 radical (unpaired) electrons. The summed E-state index contributed by atoms with van der Waals surface area (Å²) in [6.45, 7) is 0. The number of benzene rings is 2. The minimum Gasteiger partial charge on any atom is -0.258 e. The van der Waals surface area contributed by atoms with Gasteiger partial charge in [0, 0.05) is 23.9 Å². The fourth-order valence-electron chi connectivity index (χ4n) is 1.71. The zero-order valence-corrected chi connectivity index (χ0v) is 10.1. The zero-order valence-electron chi connectivity index (χ0n) is 15.1. The number of non-ortho nitro benzene ring substituents is 1. The fourth-order valence-corrected chi connectivity index (χ4v) is 1.71. The largest absolute Gasteiger partial charge is 0.269 e. The van der Waals surface area contributed by atoms with Crippen LogP contribution in [0.15, 0.2) is 66.7 Å². The molecule has 0 unspecified atom stereocenters. The maximum Gasteiger partial charge on any atom is 0.269 e. The number of nitrogens with zero attached hydrogens (tertiary/aromatic N) is 3. The molecule has 0 aliphatic rings. The van der Waals surface area contributed by atoms with Gasteiger partial charge in [0.15, 0.2) is 0 Å². The third-order valence-electron chi connectivity index (χ3n) is 2.67. The van der Waals surface area contributed by atoms with Crippen LogP contribution in [0, 0.1) is 10.1 Å². The van der Waals surface area contributed by atoms with E-state index in [2.05, 4.69) is 5.10 Å². The summed E-state index contributed by atoms with van der Waals surface area (Å²) >= 11 is 0. The molecule has 3 rings (SSSR count). The Labute approximate surface area is 122 Å². The molecule has 2 aromatic carbocycles. The van der Waals surface area contributed by atoms with Crippen LogP contribution in [0.1, 0.15) is 6.85 Å². The average molecular weight is 270 g/mol. The Bertz CT molecular complexity index is 957. The molecular formula is C15H11N3O2. The van der Waals surface area contributed by atoms with Gasteiger partial charge in [-0.15, -0.1) is 0 Å². The smallest absolute Gasteiger partial charge is 0.258 e. The normalized spacial score (nSPS) is 13.9. The van der Waals surface area contributed by atoms with Crippen LogP contribution in [0.2, 0.25) is 0 Å². The molecule has 0 saturated carbocycles. The molecular weight excluding hydrogens is 254 g/mol. The molecule has 0 amide bonds. The summed E-state index contributed by atoms with van der Waals surface area (Å²) < 4.78 is 40.4. The lowest BCUT2D eigenvalue weighted by molar-refractivity contribution is -0.384. The standard InChI is InChI=1S/C15H11N3O2/c19-18(20)14-8-6-13(7-9-14)17-11-10-15(16-17)12-4-2-1-3-5-12/h1-11H/i1D,2D,3D,4D,5D. The summed E-state index contributed by atoms with van der Waals surface area (Å²) in [6, 6.07) is 5.22. The Morgan fingerprint density at radius 3 is 2.45 bits per heavy atom. The first-order valence-electron chi connectivity index (χ1n) is 8.19. The Kier molecular flexibility index (Phi) is 1.89. The number of nitro groups is 1. The second-order valence-corrected chi connectivity index (χ2v) is 3.92. The van der Waals surface area contributed by atoms with Gasteiger partial charge in [-0.2, -0.15) is 5.10 Å². The van der Waals surface area contributed by atoms with Crippen molar-refractivity contribution in [2.75, 3.05) is 0 Å². The lowest BCUT2D eigenvalue weighted by Gasteiger charge is -2.00. The van der Waals surface area contributed by atoms with E-state index >= 15 is 0 Å². The monoisotopic (exact) mass is 270 g/mol. The number of hydrogen-bond acceptors (Lipinski definition) is 3. The van der Waals surface area contributed by atoms with Gasteiger partial charge in [0.2, 0.25) is 0 Å². The Morgan fingerprint density at radius 2 is 1.80 bits per heavy atom. The first kappa shape index (κ1) is 7.59. The topological polar surface area (TPSA) is 61.0 Å². The molecule has 98 valence electrons. The summed E-state index contributed by atoms with van der Waals surface area (Å²) in [5, 5.41) is 14.9. The highest BCUT2D eigenvalue weighted by molar-refractivity contribution is 5.58. The summed E-state index contributed by atoms with van der Waals surface area (Å²) in [6.07, 6.45) is 1.55. The number of nitro benzene ring substituents is 1. The molecule has 0 aliphatic heterocycles. The van der Waals surface area contributed by atoms with Crippen molar-refractivity contribution in [1.82, 2.24) is 9.78 Å². The predicted octanol–water partition coefficient (Wildman–Crippen LogP) is 3.45. The number of hydrogen-bond donors (Lipinski definition) is 0. The third kappa shape index (κ3) is 2.29. The van der Waals surface area contributed by atoms with Gasteiger partial charge in [-0.1, -0.05) is 30.2 Å². The van der Waals surface area contributed by atoms with Crippen LogP contribution < -0.4 is 0 Å².